The molecular formula is C19H20O4. The number of hydrogen-bond acceptors (Lipinski definition) is 4. The van der Waals surface area contributed by atoms with Gasteiger partial charge in [0, 0.05) is 6.42 Å². The van der Waals surface area contributed by atoms with Gasteiger partial charge in [0.15, 0.2) is 5.78 Å². The lowest BCUT2D eigenvalue weighted by atomic mass is 10.0. The molecule has 0 aliphatic carbocycles. The van der Waals surface area contributed by atoms with E-state index in [1.807, 2.05) is 24.3 Å². The van der Waals surface area contributed by atoms with Gasteiger partial charge < -0.3 is 14.6 Å². The zero-order chi connectivity index (χ0) is 16.7. The van der Waals surface area contributed by atoms with E-state index in [0.29, 0.717) is 11.3 Å². The van der Waals surface area contributed by atoms with Gasteiger partial charge in [-0.25, -0.2) is 0 Å². The van der Waals surface area contributed by atoms with Crippen LogP contribution in [0.3, 0.4) is 0 Å². The Balaban J connectivity index is 1.93. The van der Waals surface area contributed by atoms with Crippen molar-refractivity contribution >= 4 is 11.9 Å². The third-order valence-electron chi connectivity index (χ3n) is 3.47. The molecule has 0 fully saturated rings. The molecule has 1 N–H and O–H groups in total. The third-order valence-corrected chi connectivity index (χ3v) is 3.47. The fourth-order valence-electron chi connectivity index (χ4n) is 2.11. The Morgan fingerprint density at radius 3 is 2.04 bits per heavy atom. The van der Waals surface area contributed by atoms with Gasteiger partial charge in [-0.3, -0.25) is 4.79 Å². The summed E-state index contributed by atoms with van der Waals surface area (Å²) in [4.78, 5) is 12.0. The van der Waals surface area contributed by atoms with Gasteiger partial charge in [0.2, 0.25) is 0 Å². The minimum absolute atomic E-state index is 0.0407. The van der Waals surface area contributed by atoms with Gasteiger partial charge in [0.1, 0.15) is 11.5 Å². The lowest BCUT2D eigenvalue weighted by Gasteiger charge is -2.09. The second-order valence-corrected chi connectivity index (χ2v) is 5.07. The van der Waals surface area contributed by atoms with Crippen molar-refractivity contribution in [1.82, 2.24) is 0 Å². The summed E-state index contributed by atoms with van der Waals surface area (Å²) >= 11 is 0. The number of carbonyl (C=O) groups is 1. The van der Waals surface area contributed by atoms with Crippen molar-refractivity contribution in [3.8, 4) is 11.5 Å². The minimum Gasteiger partial charge on any atom is -0.497 e. The van der Waals surface area contributed by atoms with Gasteiger partial charge in [0.25, 0.3) is 0 Å². The number of benzene rings is 2. The topological polar surface area (TPSA) is 55.8 Å². The summed E-state index contributed by atoms with van der Waals surface area (Å²) in [5.74, 6) is 1.35. The molecule has 1 atom stereocenters. The van der Waals surface area contributed by atoms with E-state index in [1.54, 1.807) is 44.6 Å². The molecule has 0 spiro atoms. The van der Waals surface area contributed by atoms with E-state index < -0.39 is 6.10 Å². The molecule has 0 radical (unpaired) electrons. The van der Waals surface area contributed by atoms with Gasteiger partial charge in [-0.1, -0.05) is 30.3 Å². The van der Waals surface area contributed by atoms with E-state index in [9.17, 15) is 9.90 Å². The number of hydrogen-bond donors (Lipinski definition) is 1. The predicted molar refractivity (Wildman–Crippen MR) is 89.6 cm³/mol. The van der Waals surface area contributed by atoms with E-state index in [1.165, 1.54) is 6.08 Å². The minimum atomic E-state index is -0.825. The maximum absolute atomic E-state index is 12.0. The molecule has 0 bridgehead atoms. The fourth-order valence-corrected chi connectivity index (χ4v) is 2.11. The monoisotopic (exact) mass is 312 g/mol. The zero-order valence-corrected chi connectivity index (χ0v) is 13.2. The summed E-state index contributed by atoms with van der Waals surface area (Å²) in [5.41, 5.74) is 1.59. The van der Waals surface area contributed by atoms with Gasteiger partial charge in [-0.2, -0.15) is 0 Å². The first-order valence-corrected chi connectivity index (χ1v) is 7.29. The Morgan fingerprint density at radius 1 is 1.00 bits per heavy atom. The van der Waals surface area contributed by atoms with Crippen LogP contribution in [0.2, 0.25) is 0 Å². The Labute approximate surface area is 136 Å². The summed E-state index contributed by atoms with van der Waals surface area (Å²) < 4.78 is 10.1. The van der Waals surface area contributed by atoms with E-state index >= 15 is 0 Å². The molecule has 2 aromatic rings. The molecule has 0 aliphatic rings. The van der Waals surface area contributed by atoms with Gasteiger partial charge in [-0.05, 0) is 41.5 Å². The molecule has 0 amide bonds. The normalized spacial score (nSPS) is 12.1. The van der Waals surface area contributed by atoms with Crippen molar-refractivity contribution in [1.29, 1.82) is 0 Å². The largest absolute Gasteiger partial charge is 0.497 e. The Hall–Kier alpha value is -2.59. The molecule has 2 aromatic carbocycles. The average Bonchev–Trinajstić information content (AvgIpc) is 2.60. The number of aliphatic hydroxyl groups is 1. The molecule has 4 nitrogen and oxygen atoms in total. The van der Waals surface area contributed by atoms with Gasteiger partial charge >= 0.3 is 0 Å². The van der Waals surface area contributed by atoms with Gasteiger partial charge in [0.05, 0.1) is 20.3 Å². The lowest BCUT2D eigenvalue weighted by Crippen LogP contribution is -2.04. The van der Waals surface area contributed by atoms with E-state index in [-0.39, 0.29) is 12.2 Å². The van der Waals surface area contributed by atoms with Gasteiger partial charge in [-0.15, -0.1) is 0 Å². The zero-order valence-electron chi connectivity index (χ0n) is 13.2. The van der Waals surface area contributed by atoms with E-state index in [0.717, 1.165) is 11.3 Å². The first-order chi connectivity index (χ1) is 11.1. The third kappa shape index (κ3) is 4.97. The summed E-state index contributed by atoms with van der Waals surface area (Å²) in [5, 5.41) is 10.1. The maximum atomic E-state index is 12.0. The first kappa shape index (κ1) is 16.8. The summed E-state index contributed by atoms with van der Waals surface area (Å²) in [6, 6.07) is 14.4. The van der Waals surface area contributed by atoms with Crippen LogP contribution < -0.4 is 9.47 Å². The summed E-state index contributed by atoms with van der Waals surface area (Å²) in [7, 11) is 3.19. The van der Waals surface area contributed by atoms with Crippen LogP contribution in [0.4, 0.5) is 0 Å². The van der Waals surface area contributed by atoms with Crippen LogP contribution in [-0.2, 0) is 4.79 Å². The molecule has 0 aromatic heterocycles. The maximum Gasteiger partial charge on any atom is 0.158 e. The van der Waals surface area contributed by atoms with Crippen LogP contribution in [0, 0.1) is 0 Å². The van der Waals surface area contributed by atoms with Crippen LogP contribution in [0.25, 0.3) is 6.08 Å². The number of rotatable bonds is 7. The average molecular weight is 312 g/mol. The smallest absolute Gasteiger partial charge is 0.158 e. The second kappa shape index (κ2) is 8.15. The SMILES string of the molecule is COc1ccc(/C=C/C(=O)CC(O)c2ccc(OC)cc2)cc1. The lowest BCUT2D eigenvalue weighted by molar-refractivity contribution is -0.116. The van der Waals surface area contributed by atoms with Crippen molar-refractivity contribution < 1.29 is 19.4 Å². The predicted octanol–water partition coefficient (Wildman–Crippen LogP) is 3.41. The number of allylic oxidation sites excluding steroid dienone is 1. The molecule has 1 unspecified atom stereocenters. The Morgan fingerprint density at radius 2 is 1.52 bits per heavy atom. The van der Waals surface area contributed by atoms with Crippen LogP contribution in [0.5, 0.6) is 11.5 Å². The van der Waals surface area contributed by atoms with Crippen molar-refractivity contribution in [2.45, 2.75) is 12.5 Å². The van der Waals surface area contributed by atoms with E-state index in [2.05, 4.69) is 0 Å². The molecule has 0 saturated carbocycles. The summed E-state index contributed by atoms with van der Waals surface area (Å²) in [6.07, 6.45) is 2.42. The number of ether oxygens (including phenoxy) is 2. The molecule has 2 rings (SSSR count). The van der Waals surface area contributed by atoms with Crippen LogP contribution in [0.15, 0.2) is 54.6 Å². The molecular weight excluding hydrogens is 292 g/mol. The molecule has 120 valence electrons. The summed E-state index contributed by atoms with van der Waals surface area (Å²) in [6.45, 7) is 0. The highest BCUT2D eigenvalue weighted by Crippen LogP contribution is 2.20. The van der Waals surface area contributed by atoms with Crippen LogP contribution in [0.1, 0.15) is 23.7 Å². The number of methoxy groups -OCH3 is 2. The standard InChI is InChI=1S/C19H20O4/c1-22-17-9-4-14(5-10-17)3-8-16(20)13-19(21)15-6-11-18(23-2)12-7-15/h3-12,19,21H,13H2,1-2H3/b8-3+. The molecule has 0 aliphatic heterocycles. The number of aliphatic hydroxyl groups excluding tert-OH is 1. The van der Waals surface area contributed by atoms with Crippen molar-refractivity contribution in [2.75, 3.05) is 14.2 Å². The highest BCUT2D eigenvalue weighted by Gasteiger charge is 2.11. The Kier molecular flexibility index (Phi) is 5.94. The highest BCUT2D eigenvalue weighted by molar-refractivity contribution is 5.93. The Bertz CT molecular complexity index is 657. The second-order valence-electron chi connectivity index (χ2n) is 5.07. The molecule has 0 saturated heterocycles. The fraction of sp³-hybridized carbons (Fsp3) is 0.211. The van der Waals surface area contributed by atoms with Crippen molar-refractivity contribution in [2.24, 2.45) is 0 Å². The number of carbonyl (C=O) groups excluding carboxylic acids is 1. The molecule has 0 heterocycles. The van der Waals surface area contributed by atoms with Crippen LogP contribution >= 0.6 is 0 Å². The highest BCUT2D eigenvalue weighted by atomic mass is 16.5. The van der Waals surface area contributed by atoms with Crippen molar-refractivity contribution in [3.05, 3.63) is 65.7 Å². The molecule has 4 heteroatoms. The quantitative estimate of drug-likeness (QED) is 0.796. The van der Waals surface area contributed by atoms with E-state index in [4.69, 9.17) is 9.47 Å². The first-order valence-electron chi connectivity index (χ1n) is 7.29. The van der Waals surface area contributed by atoms with Crippen LogP contribution in [-0.4, -0.2) is 25.1 Å². The molecule has 23 heavy (non-hydrogen) atoms. The van der Waals surface area contributed by atoms with Crippen molar-refractivity contribution in [3.63, 3.8) is 0 Å². The number of ketones is 1.